The average molecular weight is 442 g/mol. The minimum Gasteiger partial charge on any atom is -0.493 e. The molecule has 7 nitrogen and oxygen atoms in total. The number of amides is 1. The van der Waals surface area contributed by atoms with Crippen LogP contribution in [0.2, 0.25) is 0 Å². The fourth-order valence-corrected chi connectivity index (χ4v) is 4.35. The largest absolute Gasteiger partial charge is 0.493 e. The Balaban J connectivity index is 1.28. The number of carbonyl (C=O) groups excluding carboxylic acids is 1. The number of rotatable bonds is 5. The monoisotopic (exact) mass is 441 g/mol. The molecule has 0 saturated heterocycles. The van der Waals surface area contributed by atoms with Gasteiger partial charge in [-0.25, -0.2) is 4.98 Å². The molecule has 0 aliphatic rings. The molecule has 1 amide bonds. The molecule has 0 radical (unpaired) electrons. The summed E-state index contributed by atoms with van der Waals surface area (Å²) >= 11 is 1.60. The lowest BCUT2D eigenvalue weighted by Crippen LogP contribution is -1.94. The van der Waals surface area contributed by atoms with Gasteiger partial charge in [-0.15, -0.1) is 10.2 Å². The Hall–Kier alpha value is -3.91. The summed E-state index contributed by atoms with van der Waals surface area (Å²) < 4.78 is 1.61. The number of aryl methyl sites for hydroxylation is 1. The van der Waals surface area contributed by atoms with Crippen LogP contribution in [0.3, 0.4) is 0 Å². The van der Waals surface area contributed by atoms with Crippen molar-refractivity contribution < 1.29 is 9.90 Å². The number of aromatic amines is 1. The molecule has 32 heavy (non-hydrogen) atoms. The van der Waals surface area contributed by atoms with Crippen molar-refractivity contribution in [2.24, 2.45) is 17.3 Å². The topological polar surface area (TPSA) is 95.6 Å². The number of aromatic nitrogens is 3. The fourth-order valence-electron chi connectivity index (χ4n) is 3.50. The van der Waals surface area contributed by atoms with Crippen LogP contribution in [0.5, 0.6) is 5.88 Å². The predicted octanol–water partition coefficient (Wildman–Crippen LogP) is 5.98. The molecule has 0 bridgehead atoms. The van der Waals surface area contributed by atoms with E-state index in [1.807, 2.05) is 60.7 Å². The summed E-state index contributed by atoms with van der Waals surface area (Å²) in [6.45, 7) is 0. The Morgan fingerprint density at radius 2 is 1.81 bits per heavy atom. The van der Waals surface area contributed by atoms with Crippen LogP contribution in [0.4, 0.5) is 5.69 Å². The van der Waals surface area contributed by atoms with Crippen molar-refractivity contribution >= 4 is 45.3 Å². The van der Waals surface area contributed by atoms with Gasteiger partial charge in [0.1, 0.15) is 0 Å². The van der Waals surface area contributed by atoms with Gasteiger partial charge in [0, 0.05) is 23.8 Å². The van der Waals surface area contributed by atoms with E-state index in [2.05, 4.69) is 20.2 Å². The SMILES string of the molecule is Cn1c(O)c(N=NC(=O)c2ccc(CSc3nc4ccccc4[nH]3)cc2)c2ccccc21. The number of hydrogen-bond acceptors (Lipinski definition) is 5. The number of para-hydroxylation sites is 3. The van der Waals surface area contributed by atoms with Gasteiger partial charge in [0.25, 0.3) is 5.91 Å². The van der Waals surface area contributed by atoms with Gasteiger partial charge in [0.05, 0.1) is 16.6 Å². The lowest BCUT2D eigenvalue weighted by molar-refractivity contribution is 0.0995. The van der Waals surface area contributed by atoms with Crippen molar-refractivity contribution in [2.75, 3.05) is 0 Å². The van der Waals surface area contributed by atoms with Gasteiger partial charge in [-0.1, -0.05) is 54.2 Å². The van der Waals surface area contributed by atoms with E-state index in [1.165, 1.54) is 0 Å². The van der Waals surface area contributed by atoms with Gasteiger partial charge < -0.3 is 14.7 Å². The first kappa shape index (κ1) is 20.0. The van der Waals surface area contributed by atoms with Gasteiger partial charge in [0.15, 0.2) is 10.8 Å². The summed E-state index contributed by atoms with van der Waals surface area (Å²) in [7, 11) is 1.74. The summed E-state index contributed by atoms with van der Waals surface area (Å²) in [5.41, 5.74) is 4.56. The molecule has 3 aromatic carbocycles. The number of aromatic hydroxyl groups is 1. The van der Waals surface area contributed by atoms with Crippen LogP contribution in [-0.2, 0) is 12.8 Å². The summed E-state index contributed by atoms with van der Waals surface area (Å²) in [6.07, 6.45) is 0. The van der Waals surface area contributed by atoms with E-state index in [-0.39, 0.29) is 11.6 Å². The normalized spacial score (nSPS) is 11.7. The van der Waals surface area contributed by atoms with Crippen molar-refractivity contribution in [1.29, 1.82) is 0 Å². The molecule has 5 rings (SSSR count). The Morgan fingerprint density at radius 3 is 2.62 bits per heavy atom. The molecule has 0 aliphatic heterocycles. The highest BCUT2D eigenvalue weighted by atomic mass is 32.2. The zero-order valence-electron chi connectivity index (χ0n) is 17.2. The van der Waals surface area contributed by atoms with E-state index >= 15 is 0 Å². The molecule has 0 atom stereocenters. The molecule has 0 unspecified atom stereocenters. The van der Waals surface area contributed by atoms with Gasteiger partial charge in [-0.3, -0.25) is 4.79 Å². The van der Waals surface area contributed by atoms with Crippen LogP contribution in [0.1, 0.15) is 15.9 Å². The van der Waals surface area contributed by atoms with Gasteiger partial charge >= 0.3 is 0 Å². The fraction of sp³-hybridized carbons (Fsp3) is 0.0833. The van der Waals surface area contributed by atoms with Crippen molar-refractivity contribution in [1.82, 2.24) is 14.5 Å². The van der Waals surface area contributed by atoms with E-state index in [0.717, 1.165) is 38.4 Å². The van der Waals surface area contributed by atoms with Crippen molar-refractivity contribution in [3.63, 3.8) is 0 Å². The zero-order chi connectivity index (χ0) is 22.1. The number of nitrogens with zero attached hydrogens (tertiary/aromatic N) is 4. The standard InChI is InChI=1S/C24H19N5O2S/c1-29-20-9-5-2-6-17(20)21(23(29)31)27-28-22(30)16-12-10-15(11-13-16)14-32-24-25-18-7-3-4-8-19(18)26-24/h2-13,31H,14H2,1H3,(H,25,26). The van der Waals surface area contributed by atoms with E-state index in [0.29, 0.717) is 5.56 Å². The third kappa shape index (κ3) is 3.76. The van der Waals surface area contributed by atoms with Gasteiger partial charge in [-0.2, -0.15) is 0 Å². The smallest absolute Gasteiger partial charge is 0.295 e. The molecule has 158 valence electrons. The van der Waals surface area contributed by atoms with Crippen LogP contribution in [0.15, 0.2) is 88.2 Å². The van der Waals surface area contributed by atoms with Crippen molar-refractivity contribution in [2.45, 2.75) is 10.9 Å². The average Bonchev–Trinajstić information content (AvgIpc) is 3.35. The van der Waals surface area contributed by atoms with E-state index in [4.69, 9.17) is 0 Å². The number of thioether (sulfide) groups is 1. The molecule has 0 spiro atoms. The summed E-state index contributed by atoms with van der Waals surface area (Å²) in [6, 6.07) is 22.6. The molecule has 0 aliphatic carbocycles. The third-order valence-electron chi connectivity index (χ3n) is 5.23. The highest BCUT2D eigenvalue weighted by molar-refractivity contribution is 7.98. The van der Waals surface area contributed by atoms with Crippen molar-refractivity contribution in [3.05, 3.63) is 83.9 Å². The Bertz CT molecular complexity index is 1430. The number of hydrogen-bond donors (Lipinski definition) is 2. The van der Waals surface area contributed by atoms with E-state index in [9.17, 15) is 9.90 Å². The van der Waals surface area contributed by atoms with E-state index in [1.54, 1.807) is 35.5 Å². The molecule has 8 heteroatoms. The Morgan fingerprint density at radius 1 is 1.06 bits per heavy atom. The number of fused-ring (bicyclic) bond motifs is 2. The number of benzene rings is 3. The predicted molar refractivity (Wildman–Crippen MR) is 126 cm³/mol. The van der Waals surface area contributed by atoms with Gasteiger partial charge in [-0.05, 0) is 35.9 Å². The zero-order valence-corrected chi connectivity index (χ0v) is 18.0. The van der Waals surface area contributed by atoms with Crippen LogP contribution in [0.25, 0.3) is 21.9 Å². The second-order valence-electron chi connectivity index (χ2n) is 7.30. The van der Waals surface area contributed by atoms with Crippen LogP contribution >= 0.6 is 11.8 Å². The van der Waals surface area contributed by atoms with E-state index < -0.39 is 5.91 Å². The van der Waals surface area contributed by atoms with Crippen molar-refractivity contribution in [3.8, 4) is 5.88 Å². The Kier molecular flexibility index (Phi) is 5.20. The third-order valence-corrected chi connectivity index (χ3v) is 6.18. The summed E-state index contributed by atoms with van der Waals surface area (Å²) in [4.78, 5) is 20.3. The lowest BCUT2D eigenvalue weighted by Gasteiger charge is -2.01. The lowest BCUT2D eigenvalue weighted by atomic mass is 10.1. The highest BCUT2D eigenvalue weighted by Gasteiger charge is 2.14. The second-order valence-corrected chi connectivity index (χ2v) is 8.26. The summed E-state index contributed by atoms with van der Waals surface area (Å²) in [5.74, 6) is 0.231. The summed E-state index contributed by atoms with van der Waals surface area (Å²) in [5, 5.41) is 19.8. The maximum Gasteiger partial charge on any atom is 0.295 e. The number of H-pyrrole nitrogens is 1. The molecule has 0 fully saturated rings. The molecular weight excluding hydrogens is 422 g/mol. The molecule has 2 heterocycles. The molecule has 2 N–H and O–H groups in total. The number of imidazole rings is 1. The molecular formula is C24H19N5O2S. The van der Waals surface area contributed by atoms with Gasteiger partial charge in [0.2, 0.25) is 5.88 Å². The highest BCUT2D eigenvalue weighted by Crippen LogP contribution is 2.37. The minimum absolute atomic E-state index is 0.0271. The first-order valence-electron chi connectivity index (χ1n) is 9.99. The maximum absolute atomic E-state index is 12.5. The second kappa shape index (κ2) is 8.32. The number of nitrogens with one attached hydrogen (secondary N) is 1. The number of azo groups is 1. The first-order valence-corrected chi connectivity index (χ1v) is 11.0. The first-order chi connectivity index (χ1) is 15.6. The Labute approximate surface area is 187 Å². The maximum atomic E-state index is 12.5. The molecule has 0 saturated carbocycles. The van der Waals surface area contributed by atoms with Crippen LogP contribution in [-0.4, -0.2) is 25.5 Å². The molecule has 2 aromatic heterocycles. The van der Waals surface area contributed by atoms with Crippen LogP contribution in [0, 0.1) is 0 Å². The van der Waals surface area contributed by atoms with Crippen LogP contribution < -0.4 is 0 Å². The number of carbonyl (C=O) groups is 1. The quantitative estimate of drug-likeness (QED) is 0.259. The molecule has 5 aromatic rings. The minimum atomic E-state index is -0.464.